The summed E-state index contributed by atoms with van der Waals surface area (Å²) in [5.41, 5.74) is 1.07. The van der Waals surface area contributed by atoms with Gasteiger partial charge in [-0.25, -0.2) is 4.79 Å². The van der Waals surface area contributed by atoms with Crippen LogP contribution in [0.5, 0.6) is 0 Å². The molecule has 0 saturated carbocycles. The summed E-state index contributed by atoms with van der Waals surface area (Å²) < 4.78 is 0. The zero-order chi connectivity index (χ0) is 13.8. The van der Waals surface area contributed by atoms with E-state index in [9.17, 15) is 9.59 Å². The molecule has 1 saturated heterocycles. The van der Waals surface area contributed by atoms with E-state index < -0.39 is 5.97 Å². The van der Waals surface area contributed by atoms with E-state index in [1.165, 1.54) is 12.1 Å². The van der Waals surface area contributed by atoms with Gasteiger partial charge in [0.15, 0.2) is 0 Å². The molecule has 6 nitrogen and oxygen atoms in total. The summed E-state index contributed by atoms with van der Waals surface area (Å²) >= 11 is 0. The first-order valence-corrected chi connectivity index (χ1v) is 5.91. The van der Waals surface area contributed by atoms with E-state index in [0.29, 0.717) is 37.3 Å². The van der Waals surface area contributed by atoms with Gasteiger partial charge in [-0.05, 0) is 18.2 Å². The highest BCUT2D eigenvalue weighted by Crippen LogP contribution is 2.22. The van der Waals surface area contributed by atoms with Gasteiger partial charge in [0.05, 0.1) is 16.8 Å². The molecule has 0 radical (unpaired) electrons. The maximum atomic E-state index is 11.3. The Labute approximate surface area is 110 Å². The Kier molecular flexibility index (Phi) is 3.66. The van der Waals surface area contributed by atoms with E-state index >= 15 is 0 Å². The summed E-state index contributed by atoms with van der Waals surface area (Å²) in [5, 5.41) is 20.8. The molecular formula is C13H13N3O3. The van der Waals surface area contributed by atoms with Gasteiger partial charge in [-0.1, -0.05) is 0 Å². The highest BCUT2D eigenvalue weighted by atomic mass is 16.4. The molecule has 0 bridgehead atoms. The van der Waals surface area contributed by atoms with E-state index in [4.69, 9.17) is 10.4 Å². The molecule has 0 spiro atoms. The summed E-state index contributed by atoms with van der Waals surface area (Å²) in [5.74, 6) is -1.07. The summed E-state index contributed by atoms with van der Waals surface area (Å²) in [6.45, 7) is 1.64. The number of rotatable bonds is 2. The first-order valence-electron chi connectivity index (χ1n) is 5.91. The van der Waals surface area contributed by atoms with Gasteiger partial charge in [0.1, 0.15) is 6.07 Å². The van der Waals surface area contributed by atoms with Crippen molar-refractivity contribution in [2.24, 2.45) is 0 Å². The van der Waals surface area contributed by atoms with Crippen molar-refractivity contribution in [1.82, 2.24) is 5.32 Å². The molecule has 2 rings (SSSR count). The van der Waals surface area contributed by atoms with Crippen molar-refractivity contribution in [1.29, 1.82) is 5.26 Å². The van der Waals surface area contributed by atoms with Crippen LogP contribution in [-0.2, 0) is 4.79 Å². The normalized spacial score (nSPS) is 15.3. The van der Waals surface area contributed by atoms with Crippen LogP contribution in [0, 0.1) is 11.3 Å². The number of aromatic carboxylic acids is 1. The number of carboxylic acid groups (broad SMARTS) is 1. The molecule has 1 aliphatic rings. The molecule has 1 amide bonds. The summed E-state index contributed by atoms with van der Waals surface area (Å²) in [7, 11) is 0. The van der Waals surface area contributed by atoms with Crippen LogP contribution in [0.3, 0.4) is 0 Å². The zero-order valence-electron chi connectivity index (χ0n) is 10.2. The fourth-order valence-electron chi connectivity index (χ4n) is 2.04. The van der Waals surface area contributed by atoms with Crippen LogP contribution in [0.1, 0.15) is 22.3 Å². The van der Waals surface area contributed by atoms with Crippen molar-refractivity contribution in [2.75, 3.05) is 24.5 Å². The van der Waals surface area contributed by atoms with Crippen LogP contribution in [0.15, 0.2) is 18.2 Å². The van der Waals surface area contributed by atoms with Crippen LogP contribution in [0.4, 0.5) is 5.69 Å². The van der Waals surface area contributed by atoms with Crippen LogP contribution >= 0.6 is 0 Å². The molecule has 98 valence electrons. The number of nitrogens with zero attached hydrogens (tertiary/aromatic N) is 2. The maximum absolute atomic E-state index is 11.3. The van der Waals surface area contributed by atoms with Gasteiger partial charge in [0, 0.05) is 26.1 Å². The van der Waals surface area contributed by atoms with Crippen LogP contribution in [0.2, 0.25) is 0 Å². The molecule has 1 fully saturated rings. The predicted molar refractivity (Wildman–Crippen MR) is 68.0 cm³/mol. The van der Waals surface area contributed by atoms with Gasteiger partial charge in [-0.15, -0.1) is 0 Å². The highest BCUT2D eigenvalue weighted by Gasteiger charge is 2.17. The number of nitriles is 1. The average Bonchev–Trinajstić information content (AvgIpc) is 2.62. The third kappa shape index (κ3) is 2.83. The smallest absolute Gasteiger partial charge is 0.335 e. The van der Waals surface area contributed by atoms with E-state index in [1.807, 2.05) is 11.0 Å². The molecule has 1 aliphatic heterocycles. The van der Waals surface area contributed by atoms with E-state index in [0.717, 1.165) is 0 Å². The van der Waals surface area contributed by atoms with E-state index in [2.05, 4.69) is 5.32 Å². The van der Waals surface area contributed by atoms with Crippen molar-refractivity contribution in [3.63, 3.8) is 0 Å². The SMILES string of the molecule is N#Cc1cc(C(=O)O)ccc1N1CCNC(=O)CC1. The average molecular weight is 259 g/mol. The molecule has 6 heteroatoms. The Morgan fingerprint density at radius 1 is 1.42 bits per heavy atom. The van der Waals surface area contributed by atoms with Crippen molar-refractivity contribution in [3.8, 4) is 6.07 Å². The third-order valence-electron chi connectivity index (χ3n) is 3.02. The number of anilines is 1. The number of hydrogen-bond donors (Lipinski definition) is 2. The van der Waals surface area contributed by atoms with Crippen LogP contribution in [-0.4, -0.2) is 36.6 Å². The Hall–Kier alpha value is -2.55. The Balaban J connectivity index is 2.31. The summed E-state index contributed by atoms with van der Waals surface area (Å²) in [6.07, 6.45) is 0.367. The molecule has 1 heterocycles. The van der Waals surface area contributed by atoms with E-state index in [-0.39, 0.29) is 11.5 Å². The second-order valence-electron chi connectivity index (χ2n) is 4.24. The van der Waals surface area contributed by atoms with E-state index in [1.54, 1.807) is 6.07 Å². The minimum Gasteiger partial charge on any atom is -0.478 e. The fourth-order valence-corrected chi connectivity index (χ4v) is 2.04. The summed E-state index contributed by atoms with van der Waals surface area (Å²) in [6, 6.07) is 6.46. The summed E-state index contributed by atoms with van der Waals surface area (Å²) in [4.78, 5) is 24.1. The van der Waals surface area contributed by atoms with Gasteiger partial charge < -0.3 is 15.3 Å². The zero-order valence-corrected chi connectivity index (χ0v) is 10.2. The third-order valence-corrected chi connectivity index (χ3v) is 3.02. The maximum Gasteiger partial charge on any atom is 0.335 e. The Morgan fingerprint density at radius 2 is 2.21 bits per heavy atom. The van der Waals surface area contributed by atoms with Crippen molar-refractivity contribution >= 4 is 17.6 Å². The quantitative estimate of drug-likeness (QED) is 0.810. The van der Waals surface area contributed by atoms with Crippen molar-refractivity contribution in [3.05, 3.63) is 29.3 Å². The Bertz CT molecular complexity index is 563. The molecule has 0 atom stereocenters. The molecular weight excluding hydrogens is 246 g/mol. The van der Waals surface area contributed by atoms with Crippen molar-refractivity contribution < 1.29 is 14.7 Å². The number of hydrogen-bond acceptors (Lipinski definition) is 4. The molecule has 0 aliphatic carbocycles. The van der Waals surface area contributed by atoms with Gasteiger partial charge in [-0.2, -0.15) is 5.26 Å². The predicted octanol–water partition coefficient (Wildman–Crippen LogP) is 0.583. The largest absolute Gasteiger partial charge is 0.478 e. The number of carboxylic acids is 1. The number of carbonyl (C=O) groups excluding carboxylic acids is 1. The molecule has 1 aromatic rings. The number of nitrogens with one attached hydrogen (secondary N) is 1. The lowest BCUT2D eigenvalue weighted by molar-refractivity contribution is -0.120. The fraction of sp³-hybridized carbons (Fsp3) is 0.308. The van der Waals surface area contributed by atoms with Crippen LogP contribution < -0.4 is 10.2 Å². The first-order chi connectivity index (χ1) is 9.11. The Morgan fingerprint density at radius 3 is 2.89 bits per heavy atom. The topological polar surface area (TPSA) is 93.4 Å². The standard InChI is InChI=1S/C13H13N3O3/c14-8-10-7-9(13(18)19)1-2-11(10)16-5-3-12(17)15-4-6-16/h1-2,7H,3-6H2,(H,15,17)(H,18,19). The lowest BCUT2D eigenvalue weighted by atomic mass is 10.1. The van der Waals surface area contributed by atoms with Crippen molar-refractivity contribution in [2.45, 2.75) is 6.42 Å². The molecule has 1 aromatic carbocycles. The highest BCUT2D eigenvalue weighted by molar-refractivity contribution is 5.89. The van der Waals surface area contributed by atoms with Crippen LogP contribution in [0.25, 0.3) is 0 Å². The lowest BCUT2D eigenvalue weighted by Gasteiger charge is -2.23. The first kappa shape index (κ1) is 12.9. The molecule has 19 heavy (non-hydrogen) atoms. The van der Waals surface area contributed by atoms with Gasteiger partial charge in [0.25, 0.3) is 0 Å². The second-order valence-corrected chi connectivity index (χ2v) is 4.24. The second kappa shape index (κ2) is 5.40. The molecule has 2 N–H and O–H groups in total. The van der Waals surface area contributed by atoms with Gasteiger partial charge >= 0.3 is 5.97 Å². The van der Waals surface area contributed by atoms with Gasteiger partial charge in [0.2, 0.25) is 5.91 Å². The number of benzene rings is 1. The monoisotopic (exact) mass is 259 g/mol. The van der Waals surface area contributed by atoms with Gasteiger partial charge in [-0.3, -0.25) is 4.79 Å². The number of amides is 1. The molecule has 0 unspecified atom stereocenters. The molecule has 0 aromatic heterocycles. The number of carbonyl (C=O) groups is 2. The minimum absolute atomic E-state index is 0.0110. The lowest BCUT2D eigenvalue weighted by Crippen LogP contribution is -2.29. The minimum atomic E-state index is -1.06.